The molecular weight excluding hydrogens is 388 g/mol. The molecule has 0 atom stereocenters. The maximum Gasteiger partial charge on any atom is 0.179 e. The van der Waals surface area contributed by atoms with Crippen molar-refractivity contribution in [3.63, 3.8) is 0 Å². The second-order valence-corrected chi connectivity index (χ2v) is 9.45. The van der Waals surface area contributed by atoms with E-state index in [0.29, 0.717) is 17.5 Å². The van der Waals surface area contributed by atoms with Crippen LogP contribution >= 0.6 is 0 Å². The molecule has 5 rings (SSSR count). The molecular formula is C25H32N4O2. The van der Waals surface area contributed by atoms with Gasteiger partial charge in [-0.2, -0.15) is 0 Å². The van der Waals surface area contributed by atoms with Crippen LogP contribution in [0.15, 0.2) is 36.7 Å². The number of Topliss-reactive ketones (excluding diaryl/α,β-unsaturated/α-hetero) is 1. The number of ketones is 1. The molecule has 1 aliphatic carbocycles. The largest absolute Gasteiger partial charge is 0.378 e. The number of hydrogen-bond donors (Lipinski definition) is 1. The highest BCUT2D eigenvalue weighted by molar-refractivity contribution is 5.96. The summed E-state index contributed by atoms with van der Waals surface area (Å²) in [6.07, 6.45) is 10.1. The van der Waals surface area contributed by atoms with Gasteiger partial charge < -0.3 is 10.5 Å². The number of nitrogens with zero attached hydrogens (tertiary/aromatic N) is 3. The Hall–Kier alpha value is -2.15. The van der Waals surface area contributed by atoms with E-state index < -0.39 is 0 Å². The molecule has 3 fully saturated rings. The molecule has 0 spiro atoms. The normalized spacial score (nSPS) is 22.0. The summed E-state index contributed by atoms with van der Waals surface area (Å²) in [5.41, 5.74) is 8.98. The fourth-order valence-electron chi connectivity index (χ4n) is 5.34. The Morgan fingerprint density at radius 2 is 1.90 bits per heavy atom. The molecule has 0 radical (unpaired) electrons. The SMILES string of the molecule is NCC(=O)c1cnc(CC2(c3cccc(C4CCN(C5COC5)CC4)c3)CCC2)nc1. The number of aromatic nitrogens is 2. The smallest absolute Gasteiger partial charge is 0.179 e. The van der Waals surface area contributed by atoms with Crippen molar-refractivity contribution in [1.82, 2.24) is 14.9 Å². The van der Waals surface area contributed by atoms with Crippen LogP contribution in [0.4, 0.5) is 0 Å². The van der Waals surface area contributed by atoms with Crippen molar-refractivity contribution in [2.75, 3.05) is 32.8 Å². The molecule has 6 heteroatoms. The van der Waals surface area contributed by atoms with Gasteiger partial charge in [-0.05, 0) is 55.8 Å². The maximum atomic E-state index is 11.8. The first-order valence-electron chi connectivity index (χ1n) is 11.6. The van der Waals surface area contributed by atoms with Gasteiger partial charge in [0.1, 0.15) is 5.82 Å². The molecule has 0 amide bonds. The van der Waals surface area contributed by atoms with Gasteiger partial charge in [-0.3, -0.25) is 9.69 Å². The lowest BCUT2D eigenvalue weighted by Gasteiger charge is -2.43. The summed E-state index contributed by atoms with van der Waals surface area (Å²) in [4.78, 5) is 23.3. The van der Waals surface area contributed by atoms with E-state index in [1.54, 1.807) is 12.4 Å². The van der Waals surface area contributed by atoms with Crippen molar-refractivity contribution in [2.45, 2.75) is 55.9 Å². The lowest BCUT2D eigenvalue weighted by Crippen LogP contribution is -2.51. The Bertz CT molecular complexity index is 913. The number of carbonyl (C=O) groups is 1. The van der Waals surface area contributed by atoms with Crippen LogP contribution in [0.25, 0.3) is 0 Å². The Balaban J connectivity index is 1.29. The number of rotatable bonds is 7. The van der Waals surface area contributed by atoms with E-state index in [-0.39, 0.29) is 17.7 Å². The third kappa shape index (κ3) is 4.16. The molecule has 1 saturated carbocycles. The summed E-state index contributed by atoms with van der Waals surface area (Å²) in [6.45, 7) is 4.16. The zero-order valence-corrected chi connectivity index (χ0v) is 18.1. The van der Waals surface area contributed by atoms with Crippen molar-refractivity contribution in [3.05, 3.63) is 59.2 Å². The van der Waals surface area contributed by atoms with E-state index in [2.05, 4.69) is 39.1 Å². The summed E-state index contributed by atoms with van der Waals surface area (Å²) >= 11 is 0. The van der Waals surface area contributed by atoms with Crippen LogP contribution in [-0.2, 0) is 16.6 Å². The first-order chi connectivity index (χ1) is 15.2. The molecule has 3 aliphatic rings. The third-order valence-electron chi connectivity index (χ3n) is 7.66. The third-order valence-corrected chi connectivity index (χ3v) is 7.66. The van der Waals surface area contributed by atoms with Gasteiger partial charge in [-0.1, -0.05) is 30.7 Å². The average Bonchev–Trinajstić information content (AvgIpc) is 2.75. The van der Waals surface area contributed by atoms with Gasteiger partial charge in [0, 0.05) is 24.2 Å². The fourth-order valence-corrected chi connectivity index (χ4v) is 5.34. The first-order valence-corrected chi connectivity index (χ1v) is 11.6. The predicted molar refractivity (Wildman–Crippen MR) is 119 cm³/mol. The number of hydrogen-bond acceptors (Lipinski definition) is 6. The Morgan fingerprint density at radius 3 is 2.48 bits per heavy atom. The maximum absolute atomic E-state index is 11.8. The van der Waals surface area contributed by atoms with Crippen LogP contribution in [0.5, 0.6) is 0 Å². The van der Waals surface area contributed by atoms with Gasteiger partial charge in [0.25, 0.3) is 0 Å². The molecule has 6 nitrogen and oxygen atoms in total. The molecule has 1 aromatic carbocycles. The number of ether oxygens (including phenoxy) is 1. The topological polar surface area (TPSA) is 81.3 Å². The lowest BCUT2D eigenvalue weighted by molar-refractivity contribution is -0.0712. The molecule has 2 aliphatic heterocycles. The summed E-state index contributed by atoms with van der Waals surface area (Å²) < 4.78 is 5.37. The van der Waals surface area contributed by atoms with Gasteiger partial charge in [0.15, 0.2) is 5.78 Å². The number of benzene rings is 1. The number of piperidine rings is 1. The van der Waals surface area contributed by atoms with E-state index in [0.717, 1.165) is 25.5 Å². The van der Waals surface area contributed by atoms with E-state index >= 15 is 0 Å². The molecule has 0 bridgehead atoms. The van der Waals surface area contributed by atoms with Crippen molar-refractivity contribution in [2.24, 2.45) is 5.73 Å². The number of nitrogens with two attached hydrogens (primary N) is 1. The molecule has 0 unspecified atom stereocenters. The molecule has 2 aromatic rings. The standard InChI is InChI=1S/C25H32N4O2/c26-13-23(30)20-14-27-24(28-15-20)12-25(7-2-8-25)21-4-1-3-19(11-21)18-5-9-29(10-6-18)22-16-31-17-22/h1,3-4,11,14-15,18,22H,2,5-10,12-13,16-17,26H2. The van der Waals surface area contributed by atoms with Crippen LogP contribution in [-0.4, -0.2) is 59.5 Å². The van der Waals surface area contributed by atoms with E-state index in [1.165, 1.54) is 56.3 Å². The van der Waals surface area contributed by atoms with Crippen LogP contribution in [0.1, 0.15) is 65.3 Å². The molecule has 2 saturated heterocycles. The van der Waals surface area contributed by atoms with Crippen LogP contribution < -0.4 is 5.73 Å². The fraction of sp³-hybridized carbons (Fsp3) is 0.560. The molecule has 3 heterocycles. The molecule has 1 aromatic heterocycles. The molecule has 164 valence electrons. The number of likely N-dealkylation sites (tertiary alicyclic amines) is 1. The van der Waals surface area contributed by atoms with Gasteiger partial charge in [-0.15, -0.1) is 0 Å². The van der Waals surface area contributed by atoms with Crippen LogP contribution in [0.3, 0.4) is 0 Å². The number of carbonyl (C=O) groups excluding carboxylic acids is 1. The minimum Gasteiger partial charge on any atom is -0.378 e. The highest BCUT2D eigenvalue weighted by Crippen LogP contribution is 2.46. The van der Waals surface area contributed by atoms with E-state index in [9.17, 15) is 4.79 Å². The minimum atomic E-state index is -0.117. The zero-order valence-electron chi connectivity index (χ0n) is 18.1. The van der Waals surface area contributed by atoms with Gasteiger partial charge in [0.05, 0.1) is 31.4 Å². The van der Waals surface area contributed by atoms with Crippen molar-refractivity contribution < 1.29 is 9.53 Å². The lowest BCUT2D eigenvalue weighted by atomic mass is 9.62. The van der Waals surface area contributed by atoms with Crippen molar-refractivity contribution in [3.8, 4) is 0 Å². The van der Waals surface area contributed by atoms with Crippen molar-refractivity contribution >= 4 is 5.78 Å². The highest BCUT2D eigenvalue weighted by atomic mass is 16.5. The molecule has 31 heavy (non-hydrogen) atoms. The second kappa shape index (κ2) is 8.77. The van der Waals surface area contributed by atoms with E-state index in [4.69, 9.17) is 10.5 Å². The summed E-state index contributed by atoms with van der Waals surface area (Å²) in [5, 5.41) is 0. The monoisotopic (exact) mass is 420 g/mol. The summed E-state index contributed by atoms with van der Waals surface area (Å²) in [7, 11) is 0. The van der Waals surface area contributed by atoms with Gasteiger partial charge in [0.2, 0.25) is 0 Å². The summed E-state index contributed by atoms with van der Waals surface area (Å²) in [5.74, 6) is 1.34. The van der Waals surface area contributed by atoms with Gasteiger partial charge in [-0.25, -0.2) is 9.97 Å². The minimum absolute atomic E-state index is 0.00715. The molecule has 2 N–H and O–H groups in total. The van der Waals surface area contributed by atoms with Gasteiger partial charge >= 0.3 is 0 Å². The summed E-state index contributed by atoms with van der Waals surface area (Å²) in [6, 6.07) is 9.94. The Morgan fingerprint density at radius 1 is 1.16 bits per heavy atom. The second-order valence-electron chi connectivity index (χ2n) is 9.45. The Kier molecular flexibility index (Phi) is 5.87. The van der Waals surface area contributed by atoms with Crippen molar-refractivity contribution in [1.29, 1.82) is 0 Å². The quantitative estimate of drug-likeness (QED) is 0.694. The van der Waals surface area contributed by atoms with Crippen LogP contribution in [0, 0.1) is 0 Å². The predicted octanol–water partition coefficient (Wildman–Crippen LogP) is 2.86. The Labute approximate surface area is 184 Å². The highest BCUT2D eigenvalue weighted by Gasteiger charge is 2.40. The average molecular weight is 421 g/mol. The van der Waals surface area contributed by atoms with E-state index in [1.807, 2.05) is 0 Å². The zero-order chi connectivity index (χ0) is 21.3. The first kappa shape index (κ1) is 20.7. The van der Waals surface area contributed by atoms with Crippen LogP contribution in [0.2, 0.25) is 0 Å².